The monoisotopic (exact) mass is 518 g/mol. The van der Waals surface area contributed by atoms with Crippen LogP contribution < -0.4 is 5.32 Å². The van der Waals surface area contributed by atoms with Crippen LogP contribution in [-0.4, -0.2) is 48.6 Å². The molecule has 2 N–H and O–H groups in total. The molecule has 10 heteroatoms. The zero-order valence-corrected chi connectivity index (χ0v) is 20.8. The molecule has 2 amide bonds. The summed E-state index contributed by atoms with van der Waals surface area (Å²) in [7, 11) is -3.60. The predicted octanol–water partition coefficient (Wildman–Crippen LogP) is 3.04. The number of likely N-dealkylation sites (tertiary alicyclic amines) is 1. The van der Waals surface area contributed by atoms with Crippen LogP contribution in [0.3, 0.4) is 0 Å². The van der Waals surface area contributed by atoms with E-state index in [9.17, 15) is 31.9 Å². The Hall–Kier alpha value is -2.85. The molecule has 2 saturated carbocycles. The maximum Gasteiger partial charge on any atom is 0.255 e. The van der Waals surface area contributed by atoms with Crippen molar-refractivity contribution in [2.75, 3.05) is 6.26 Å². The first-order chi connectivity index (χ1) is 17.0. The van der Waals surface area contributed by atoms with Crippen molar-refractivity contribution in [2.45, 2.75) is 62.2 Å². The van der Waals surface area contributed by atoms with E-state index in [0.717, 1.165) is 37.7 Å². The molecule has 1 aliphatic heterocycles. The van der Waals surface area contributed by atoms with Crippen LogP contribution in [0.15, 0.2) is 35.2 Å². The van der Waals surface area contributed by atoms with Gasteiger partial charge in [0, 0.05) is 23.4 Å². The van der Waals surface area contributed by atoms with Gasteiger partial charge in [0.15, 0.2) is 9.84 Å². The van der Waals surface area contributed by atoms with Crippen molar-refractivity contribution in [2.24, 2.45) is 11.8 Å². The van der Waals surface area contributed by atoms with Gasteiger partial charge < -0.3 is 15.3 Å². The Balaban J connectivity index is 1.43. The van der Waals surface area contributed by atoms with Crippen LogP contribution in [0.2, 0.25) is 0 Å². The molecule has 192 valence electrons. The van der Waals surface area contributed by atoms with E-state index >= 15 is 0 Å². The van der Waals surface area contributed by atoms with Crippen molar-refractivity contribution in [1.29, 1.82) is 0 Å². The van der Waals surface area contributed by atoms with Crippen molar-refractivity contribution in [3.8, 4) is 0 Å². The third-order valence-corrected chi connectivity index (χ3v) is 8.67. The van der Waals surface area contributed by atoms with Crippen LogP contribution >= 0.6 is 0 Å². The molecule has 0 aromatic heterocycles. The van der Waals surface area contributed by atoms with Gasteiger partial charge in [0.05, 0.1) is 17.5 Å². The second-order valence-corrected chi connectivity index (χ2v) is 12.2. The van der Waals surface area contributed by atoms with E-state index in [1.165, 1.54) is 30.0 Å². The van der Waals surface area contributed by atoms with Gasteiger partial charge in [-0.05, 0) is 79.8 Å². The van der Waals surface area contributed by atoms with Crippen LogP contribution in [0.5, 0.6) is 0 Å². The first-order valence-corrected chi connectivity index (χ1v) is 13.9. The summed E-state index contributed by atoms with van der Waals surface area (Å²) < 4.78 is 53.1. The summed E-state index contributed by atoms with van der Waals surface area (Å²) in [5, 5.41) is 12.7. The number of hydrogen-bond donors (Lipinski definition) is 2. The third kappa shape index (κ3) is 4.52. The van der Waals surface area contributed by atoms with Gasteiger partial charge in [0.25, 0.3) is 5.91 Å². The first-order valence-electron chi connectivity index (χ1n) is 12.0. The largest absolute Gasteiger partial charge is 0.392 e. The van der Waals surface area contributed by atoms with Gasteiger partial charge in [0.1, 0.15) is 17.7 Å². The standard InChI is InChI=1S/C26H28F2N2O5S/c1-13-7-21(28)19(11-20(13)27)24(14-3-4-14)29-25(32)23-9-16-8-22(16)30(23)26(33)18-10-17(36(2,34)35)6-5-15(18)12-31/h5-7,10-11,14,16,22-24,31H,3-4,8-9,12H2,1-2H3,(H,29,32)/t16-,22-,23-,24-/m1/s1. The zero-order chi connectivity index (χ0) is 25.9. The molecule has 5 rings (SSSR count). The molecule has 0 bridgehead atoms. The maximum absolute atomic E-state index is 14.8. The number of amides is 2. The van der Waals surface area contributed by atoms with Gasteiger partial charge in [-0.25, -0.2) is 17.2 Å². The summed E-state index contributed by atoms with van der Waals surface area (Å²) in [5.41, 5.74) is 0.582. The molecule has 3 fully saturated rings. The summed E-state index contributed by atoms with van der Waals surface area (Å²) in [6.07, 6.45) is 3.75. The van der Waals surface area contributed by atoms with Gasteiger partial charge in [-0.1, -0.05) is 6.07 Å². The number of aliphatic hydroxyl groups is 1. The van der Waals surface area contributed by atoms with Crippen molar-refractivity contribution >= 4 is 21.7 Å². The quantitative estimate of drug-likeness (QED) is 0.587. The molecule has 7 nitrogen and oxygen atoms in total. The molecular formula is C26H28F2N2O5S. The average Bonchev–Trinajstić information content (AvgIpc) is 3.76. The smallest absolute Gasteiger partial charge is 0.255 e. The van der Waals surface area contributed by atoms with E-state index in [2.05, 4.69) is 5.32 Å². The molecule has 2 aliphatic carbocycles. The molecule has 0 spiro atoms. The lowest BCUT2D eigenvalue weighted by Crippen LogP contribution is -2.49. The van der Waals surface area contributed by atoms with Crippen LogP contribution in [0.4, 0.5) is 8.78 Å². The second-order valence-electron chi connectivity index (χ2n) is 10.2. The van der Waals surface area contributed by atoms with Crippen molar-refractivity contribution in [1.82, 2.24) is 10.2 Å². The fourth-order valence-corrected chi connectivity index (χ4v) is 5.92. The van der Waals surface area contributed by atoms with E-state index < -0.39 is 52.0 Å². The summed E-state index contributed by atoms with van der Waals surface area (Å²) in [6, 6.07) is 4.54. The fourth-order valence-electron chi connectivity index (χ4n) is 5.27. The Morgan fingerprint density at radius 3 is 2.50 bits per heavy atom. The Bertz CT molecular complexity index is 1360. The predicted molar refractivity (Wildman–Crippen MR) is 127 cm³/mol. The van der Waals surface area contributed by atoms with Crippen LogP contribution in [-0.2, 0) is 21.2 Å². The number of nitrogens with one attached hydrogen (secondary N) is 1. The van der Waals surface area contributed by atoms with Crippen molar-refractivity contribution in [3.05, 3.63) is 64.2 Å². The molecular weight excluding hydrogens is 490 g/mol. The Morgan fingerprint density at radius 2 is 1.86 bits per heavy atom. The Kier molecular flexibility index (Phi) is 6.15. The minimum Gasteiger partial charge on any atom is -0.392 e. The number of halogens is 2. The fraction of sp³-hybridized carbons (Fsp3) is 0.462. The molecule has 1 saturated heterocycles. The highest BCUT2D eigenvalue weighted by Gasteiger charge is 2.56. The summed E-state index contributed by atoms with van der Waals surface area (Å²) in [5.74, 6) is -1.97. The maximum atomic E-state index is 14.8. The van der Waals surface area contributed by atoms with E-state index in [-0.39, 0.29) is 45.0 Å². The highest BCUT2D eigenvalue weighted by atomic mass is 32.2. The van der Waals surface area contributed by atoms with E-state index in [4.69, 9.17) is 0 Å². The van der Waals surface area contributed by atoms with Crippen LogP contribution in [0.1, 0.15) is 58.8 Å². The van der Waals surface area contributed by atoms with Crippen LogP contribution in [0.25, 0.3) is 0 Å². The molecule has 0 unspecified atom stereocenters. The molecule has 4 atom stereocenters. The lowest BCUT2D eigenvalue weighted by Gasteiger charge is -2.30. The van der Waals surface area contributed by atoms with Gasteiger partial charge >= 0.3 is 0 Å². The number of rotatable bonds is 7. The highest BCUT2D eigenvalue weighted by Crippen LogP contribution is 2.49. The van der Waals surface area contributed by atoms with E-state index in [1.54, 1.807) is 0 Å². The number of fused-ring (bicyclic) bond motifs is 1. The highest BCUT2D eigenvalue weighted by molar-refractivity contribution is 7.90. The minimum absolute atomic E-state index is 0.0157. The number of aliphatic hydroxyl groups excluding tert-OH is 1. The number of carbonyl (C=O) groups excluding carboxylic acids is 2. The average molecular weight is 519 g/mol. The van der Waals surface area contributed by atoms with Crippen molar-refractivity contribution < 1.29 is 31.9 Å². The molecule has 3 aliphatic rings. The van der Waals surface area contributed by atoms with Gasteiger partial charge in [-0.3, -0.25) is 9.59 Å². The van der Waals surface area contributed by atoms with Gasteiger partial charge in [-0.15, -0.1) is 0 Å². The summed E-state index contributed by atoms with van der Waals surface area (Å²) >= 11 is 0. The van der Waals surface area contributed by atoms with E-state index in [1.807, 2.05) is 0 Å². The molecule has 1 heterocycles. The summed E-state index contributed by atoms with van der Waals surface area (Å²) in [6.45, 7) is 1.01. The number of carbonyl (C=O) groups is 2. The number of sulfone groups is 1. The Labute approximate surface area is 208 Å². The number of aryl methyl sites for hydroxylation is 1. The molecule has 2 aromatic carbocycles. The van der Waals surface area contributed by atoms with Gasteiger partial charge in [-0.2, -0.15) is 0 Å². The zero-order valence-electron chi connectivity index (χ0n) is 20.0. The third-order valence-electron chi connectivity index (χ3n) is 7.56. The first kappa shape index (κ1) is 24.8. The topological polar surface area (TPSA) is 104 Å². The SMILES string of the molecule is Cc1cc(F)c([C@H](NC(=O)[C@H]2C[C@H]3C[C@H]3N2C(=O)c2cc(S(C)(=O)=O)ccc2CO)C2CC2)cc1F. The number of nitrogens with zero attached hydrogens (tertiary/aromatic N) is 1. The summed E-state index contributed by atoms with van der Waals surface area (Å²) in [4.78, 5) is 28.5. The molecule has 36 heavy (non-hydrogen) atoms. The Morgan fingerprint density at radius 1 is 1.14 bits per heavy atom. The number of benzene rings is 2. The number of piperidine rings is 1. The second kappa shape index (κ2) is 8.92. The van der Waals surface area contributed by atoms with Gasteiger partial charge in [0.2, 0.25) is 5.91 Å². The minimum atomic E-state index is -3.60. The van der Waals surface area contributed by atoms with E-state index in [0.29, 0.717) is 6.42 Å². The lowest BCUT2D eigenvalue weighted by atomic mass is 9.98. The normalized spacial score (nSPS) is 23.8. The number of hydrogen-bond acceptors (Lipinski definition) is 5. The van der Waals surface area contributed by atoms with Crippen molar-refractivity contribution in [3.63, 3.8) is 0 Å². The molecule has 0 radical (unpaired) electrons. The molecule has 2 aromatic rings. The lowest BCUT2D eigenvalue weighted by molar-refractivity contribution is -0.126. The van der Waals surface area contributed by atoms with Crippen LogP contribution in [0, 0.1) is 30.4 Å².